The van der Waals surface area contributed by atoms with E-state index in [9.17, 15) is 14.3 Å². The lowest BCUT2D eigenvalue weighted by atomic mass is 9.89. The molecule has 2 atom stereocenters. The van der Waals surface area contributed by atoms with Crippen molar-refractivity contribution in [3.05, 3.63) is 71.5 Å². The fraction of sp³-hybridized carbons (Fsp3) is 0.278. The second-order valence-electron chi connectivity index (χ2n) is 5.75. The minimum atomic E-state index is -0.858. The molecule has 4 heteroatoms. The zero-order valence-corrected chi connectivity index (χ0v) is 12.2. The van der Waals surface area contributed by atoms with Crippen molar-refractivity contribution in [3.8, 4) is 0 Å². The number of halogens is 1. The van der Waals surface area contributed by atoms with Gasteiger partial charge in [0.05, 0.1) is 5.92 Å². The maximum absolute atomic E-state index is 14.0. The molecule has 114 valence electrons. The highest BCUT2D eigenvalue weighted by Crippen LogP contribution is 2.34. The summed E-state index contributed by atoms with van der Waals surface area (Å²) in [5.74, 6) is -2.05. The molecule has 0 saturated carbocycles. The van der Waals surface area contributed by atoms with Gasteiger partial charge in [-0.15, -0.1) is 0 Å². The molecule has 0 spiro atoms. The van der Waals surface area contributed by atoms with Gasteiger partial charge in [-0.3, -0.25) is 9.69 Å². The third kappa shape index (κ3) is 3.02. The molecule has 1 N–H and O–H groups in total. The van der Waals surface area contributed by atoms with Crippen molar-refractivity contribution in [2.75, 3.05) is 13.1 Å². The molecule has 0 aromatic heterocycles. The highest BCUT2D eigenvalue weighted by molar-refractivity contribution is 5.72. The van der Waals surface area contributed by atoms with Gasteiger partial charge in [-0.1, -0.05) is 48.5 Å². The van der Waals surface area contributed by atoms with Crippen LogP contribution in [0.25, 0.3) is 0 Å². The molecule has 0 aliphatic carbocycles. The van der Waals surface area contributed by atoms with Gasteiger partial charge < -0.3 is 5.11 Å². The average Bonchev–Trinajstić information content (AvgIpc) is 2.92. The molecule has 2 aromatic rings. The predicted molar refractivity (Wildman–Crippen MR) is 82.0 cm³/mol. The molecule has 0 bridgehead atoms. The summed E-state index contributed by atoms with van der Waals surface area (Å²) in [7, 11) is 0. The molecule has 0 amide bonds. The van der Waals surface area contributed by atoms with Gasteiger partial charge in [-0.2, -0.15) is 0 Å². The quantitative estimate of drug-likeness (QED) is 0.943. The number of carbonyl (C=O) groups is 1. The number of carboxylic acids is 1. The standard InChI is InChI=1S/C18H18FNO2/c19-17-9-5-4-8-14(17)15-11-20(12-16(15)18(21)22)10-13-6-2-1-3-7-13/h1-9,15-16H,10-12H2,(H,21,22)/t15-,16+/m1/s1. The summed E-state index contributed by atoms with van der Waals surface area (Å²) in [5, 5.41) is 9.47. The molecule has 1 heterocycles. The first kappa shape index (κ1) is 14.7. The Balaban J connectivity index is 1.81. The second-order valence-corrected chi connectivity index (χ2v) is 5.75. The van der Waals surface area contributed by atoms with E-state index in [-0.39, 0.29) is 11.7 Å². The lowest BCUT2D eigenvalue weighted by Gasteiger charge is -2.16. The summed E-state index contributed by atoms with van der Waals surface area (Å²) in [6.07, 6.45) is 0. The van der Waals surface area contributed by atoms with E-state index in [0.717, 1.165) is 5.56 Å². The van der Waals surface area contributed by atoms with Gasteiger partial charge in [0.2, 0.25) is 0 Å². The predicted octanol–water partition coefficient (Wildman–Crippen LogP) is 3.13. The number of benzene rings is 2. The maximum Gasteiger partial charge on any atom is 0.308 e. The molecule has 1 fully saturated rings. The van der Waals surface area contributed by atoms with Gasteiger partial charge in [0.1, 0.15) is 5.82 Å². The molecule has 3 nitrogen and oxygen atoms in total. The number of hydrogen-bond donors (Lipinski definition) is 1. The van der Waals surface area contributed by atoms with Crippen LogP contribution in [-0.2, 0) is 11.3 Å². The van der Waals surface area contributed by atoms with Crippen LogP contribution in [0, 0.1) is 11.7 Å². The van der Waals surface area contributed by atoms with Gasteiger partial charge >= 0.3 is 5.97 Å². The topological polar surface area (TPSA) is 40.5 Å². The van der Waals surface area contributed by atoms with Crippen LogP contribution in [0.15, 0.2) is 54.6 Å². The first-order valence-corrected chi connectivity index (χ1v) is 7.38. The van der Waals surface area contributed by atoms with E-state index in [2.05, 4.69) is 4.90 Å². The second kappa shape index (κ2) is 6.28. The lowest BCUT2D eigenvalue weighted by Crippen LogP contribution is -2.23. The molecule has 1 aliphatic heterocycles. The molecule has 3 rings (SSSR count). The molecular weight excluding hydrogens is 281 g/mol. The Kier molecular flexibility index (Phi) is 4.20. The number of nitrogens with zero attached hydrogens (tertiary/aromatic N) is 1. The molecule has 0 unspecified atom stereocenters. The van der Waals surface area contributed by atoms with Crippen LogP contribution in [0.1, 0.15) is 17.0 Å². The summed E-state index contributed by atoms with van der Waals surface area (Å²) in [5.41, 5.74) is 1.64. The van der Waals surface area contributed by atoms with Crippen molar-refractivity contribution in [3.63, 3.8) is 0 Å². The molecule has 22 heavy (non-hydrogen) atoms. The molecule has 0 radical (unpaired) electrons. The van der Waals surface area contributed by atoms with Gasteiger partial charge in [-0.05, 0) is 17.2 Å². The summed E-state index contributed by atoms with van der Waals surface area (Å²) in [6, 6.07) is 16.4. The Morgan fingerprint density at radius 3 is 2.45 bits per heavy atom. The summed E-state index contributed by atoms with van der Waals surface area (Å²) >= 11 is 0. The number of rotatable bonds is 4. The largest absolute Gasteiger partial charge is 0.481 e. The Labute approximate surface area is 129 Å². The first-order valence-electron chi connectivity index (χ1n) is 7.38. The highest BCUT2D eigenvalue weighted by Gasteiger charge is 2.39. The van der Waals surface area contributed by atoms with Crippen LogP contribution in [0.5, 0.6) is 0 Å². The van der Waals surface area contributed by atoms with Crippen molar-refractivity contribution in [1.82, 2.24) is 4.90 Å². The average molecular weight is 299 g/mol. The fourth-order valence-corrected chi connectivity index (χ4v) is 3.20. The van der Waals surface area contributed by atoms with Gasteiger partial charge in [-0.25, -0.2) is 4.39 Å². The molecular formula is C18H18FNO2. The number of carboxylic acid groups (broad SMARTS) is 1. The maximum atomic E-state index is 14.0. The van der Waals surface area contributed by atoms with Gasteiger partial charge in [0, 0.05) is 25.6 Å². The van der Waals surface area contributed by atoms with E-state index < -0.39 is 11.9 Å². The summed E-state index contributed by atoms with van der Waals surface area (Å²) in [4.78, 5) is 13.6. The molecule has 1 saturated heterocycles. The van der Waals surface area contributed by atoms with Crippen molar-refractivity contribution < 1.29 is 14.3 Å². The van der Waals surface area contributed by atoms with Crippen molar-refractivity contribution in [1.29, 1.82) is 0 Å². The minimum Gasteiger partial charge on any atom is -0.481 e. The third-order valence-electron chi connectivity index (χ3n) is 4.27. The van der Waals surface area contributed by atoms with Crippen LogP contribution >= 0.6 is 0 Å². The van der Waals surface area contributed by atoms with Crippen LogP contribution < -0.4 is 0 Å². The molecule has 2 aromatic carbocycles. The third-order valence-corrected chi connectivity index (χ3v) is 4.27. The van der Waals surface area contributed by atoms with E-state index >= 15 is 0 Å². The Bertz CT molecular complexity index is 659. The first-order chi connectivity index (χ1) is 10.6. The van der Waals surface area contributed by atoms with Crippen LogP contribution in [-0.4, -0.2) is 29.1 Å². The minimum absolute atomic E-state index is 0.303. The Morgan fingerprint density at radius 1 is 1.09 bits per heavy atom. The van der Waals surface area contributed by atoms with Crippen molar-refractivity contribution in [2.45, 2.75) is 12.5 Å². The van der Waals surface area contributed by atoms with Crippen LogP contribution in [0.3, 0.4) is 0 Å². The smallest absolute Gasteiger partial charge is 0.308 e. The van der Waals surface area contributed by atoms with E-state index in [0.29, 0.717) is 25.2 Å². The van der Waals surface area contributed by atoms with Gasteiger partial charge in [0.15, 0.2) is 0 Å². The SMILES string of the molecule is O=C(O)[C@H]1CN(Cc2ccccc2)C[C@@H]1c1ccccc1F. The van der Waals surface area contributed by atoms with E-state index in [1.54, 1.807) is 18.2 Å². The number of aliphatic carboxylic acids is 1. The summed E-state index contributed by atoms with van der Waals surface area (Å²) in [6.45, 7) is 1.70. The van der Waals surface area contributed by atoms with Crippen LogP contribution in [0.4, 0.5) is 4.39 Å². The normalized spacial score (nSPS) is 21.9. The number of likely N-dealkylation sites (tertiary alicyclic amines) is 1. The zero-order chi connectivity index (χ0) is 15.5. The van der Waals surface area contributed by atoms with Crippen LogP contribution in [0.2, 0.25) is 0 Å². The van der Waals surface area contributed by atoms with Crippen molar-refractivity contribution in [2.24, 2.45) is 5.92 Å². The highest BCUT2D eigenvalue weighted by atomic mass is 19.1. The van der Waals surface area contributed by atoms with E-state index in [1.165, 1.54) is 6.07 Å². The zero-order valence-electron chi connectivity index (χ0n) is 12.2. The fourth-order valence-electron chi connectivity index (χ4n) is 3.20. The number of hydrogen-bond acceptors (Lipinski definition) is 2. The van der Waals surface area contributed by atoms with Crippen molar-refractivity contribution >= 4 is 5.97 Å². The Hall–Kier alpha value is -2.20. The van der Waals surface area contributed by atoms with E-state index in [1.807, 2.05) is 30.3 Å². The molecule has 1 aliphatic rings. The van der Waals surface area contributed by atoms with E-state index in [4.69, 9.17) is 0 Å². The van der Waals surface area contributed by atoms with Gasteiger partial charge in [0.25, 0.3) is 0 Å². The summed E-state index contributed by atoms with van der Waals surface area (Å²) < 4.78 is 14.0. The monoisotopic (exact) mass is 299 g/mol. The Morgan fingerprint density at radius 2 is 1.77 bits per heavy atom. The lowest BCUT2D eigenvalue weighted by molar-refractivity contribution is -0.141.